The van der Waals surface area contributed by atoms with Gasteiger partial charge in [-0.05, 0) is 65.0 Å². The number of rotatable bonds is 2. The van der Waals surface area contributed by atoms with E-state index in [1.165, 1.54) is 12.1 Å². The van der Waals surface area contributed by atoms with Crippen LogP contribution in [0, 0.1) is 17.6 Å². The first-order valence-electron chi connectivity index (χ1n) is 9.17. The van der Waals surface area contributed by atoms with Crippen molar-refractivity contribution < 1.29 is 23.1 Å². The van der Waals surface area contributed by atoms with Gasteiger partial charge in [-0.3, -0.25) is 4.79 Å². The van der Waals surface area contributed by atoms with Gasteiger partial charge in [0.25, 0.3) is 0 Å². The van der Waals surface area contributed by atoms with Crippen LogP contribution in [0.3, 0.4) is 0 Å². The zero-order valence-electron chi connectivity index (χ0n) is 15.4. The van der Waals surface area contributed by atoms with Gasteiger partial charge in [-0.25, -0.2) is 13.6 Å². The molecule has 2 heterocycles. The number of carbonyl (C=O) groups is 2. The second kappa shape index (κ2) is 6.97. The van der Waals surface area contributed by atoms with Crippen molar-refractivity contribution in [2.75, 3.05) is 0 Å². The van der Waals surface area contributed by atoms with Crippen molar-refractivity contribution >= 4 is 11.9 Å². The Balaban J connectivity index is 1.78. The first-order chi connectivity index (χ1) is 12.2. The number of ketones is 1. The maximum atomic E-state index is 14.0. The van der Waals surface area contributed by atoms with Crippen LogP contribution >= 0.6 is 0 Å². The number of piperidine rings is 2. The fourth-order valence-electron chi connectivity index (χ4n) is 4.12. The Labute approximate surface area is 152 Å². The Kier molecular flexibility index (Phi) is 5.04. The van der Waals surface area contributed by atoms with Gasteiger partial charge in [0.1, 0.15) is 5.60 Å². The number of amides is 1. The van der Waals surface area contributed by atoms with E-state index in [0.717, 1.165) is 25.3 Å². The molecule has 2 saturated heterocycles. The fraction of sp³-hybridized carbons (Fsp3) is 0.600. The Hall–Kier alpha value is -1.98. The number of benzene rings is 1. The van der Waals surface area contributed by atoms with Crippen molar-refractivity contribution in [2.45, 2.75) is 70.6 Å². The molecule has 2 atom stereocenters. The largest absolute Gasteiger partial charge is 0.444 e. The second-order valence-corrected chi connectivity index (χ2v) is 8.26. The van der Waals surface area contributed by atoms with Gasteiger partial charge >= 0.3 is 6.09 Å². The summed E-state index contributed by atoms with van der Waals surface area (Å²) in [5, 5.41) is 0. The number of nitrogens with zero attached hydrogens (tertiary/aromatic N) is 1. The summed E-state index contributed by atoms with van der Waals surface area (Å²) in [6.45, 7) is 5.47. The molecule has 1 amide bonds. The van der Waals surface area contributed by atoms with Crippen LogP contribution in [0.4, 0.5) is 13.6 Å². The third-order valence-electron chi connectivity index (χ3n) is 5.17. The van der Waals surface area contributed by atoms with Crippen molar-refractivity contribution in [1.82, 2.24) is 4.90 Å². The molecule has 2 bridgehead atoms. The third-order valence-corrected chi connectivity index (χ3v) is 5.17. The number of hydrogen-bond donors (Lipinski definition) is 0. The molecule has 26 heavy (non-hydrogen) atoms. The second-order valence-electron chi connectivity index (χ2n) is 8.26. The van der Waals surface area contributed by atoms with E-state index in [4.69, 9.17) is 4.74 Å². The molecule has 1 aromatic carbocycles. The SMILES string of the molecule is CC(C)(C)OC(=O)N1C2CCCC1CC(C(=O)c1cccc(F)c1F)C2. The van der Waals surface area contributed by atoms with Crippen LogP contribution in [-0.4, -0.2) is 34.5 Å². The van der Waals surface area contributed by atoms with Crippen LogP contribution in [0.2, 0.25) is 0 Å². The van der Waals surface area contributed by atoms with Gasteiger partial charge in [0.05, 0.1) is 5.56 Å². The lowest BCUT2D eigenvalue weighted by Crippen LogP contribution is -2.56. The van der Waals surface area contributed by atoms with Crippen molar-refractivity contribution in [3.63, 3.8) is 0 Å². The number of ether oxygens (including phenoxy) is 1. The summed E-state index contributed by atoms with van der Waals surface area (Å²) in [6, 6.07) is 3.50. The highest BCUT2D eigenvalue weighted by Crippen LogP contribution is 2.39. The molecule has 0 spiro atoms. The number of Topliss-reactive ketones (excluding diaryl/α,β-unsaturated/α-hetero) is 1. The van der Waals surface area contributed by atoms with E-state index in [-0.39, 0.29) is 29.5 Å². The van der Waals surface area contributed by atoms with Crippen molar-refractivity contribution in [2.24, 2.45) is 5.92 Å². The first kappa shape index (κ1) is 18.8. The Morgan fingerprint density at radius 1 is 1.12 bits per heavy atom. The van der Waals surface area contributed by atoms with E-state index >= 15 is 0 Å². The van der Waals surface area contributed by atoms with Crippen LogP contribution < -0.4 is 0 Å². The predicted octanol–water partition coefficient (Wildman–Crippen LogP) is 4.72. The van der Waals surface area contributed by atoms with Gasteiger partial charge in [-0.1, -0.05) is 6.07 Å². The summed E-state index contributed by atoms with van der Waals surface area (Å²) in [6.07, 6.45) is 3.16. The highest BCUT2D eigenvalue weighted by atomic mass is 19.2. The number of halogens is 2. The van der Waals surface area contributed by atoms with E-state index in [9.17, 15) is 18.4 Å². The first-order valence-corrected chi connectivity index (χ1v) is 9.17. The molecule has 2 unspecified atom stereocenters. The van der Waals surface area contributed by atoms with Crippen LogP contribution in [0.15, 0.2) is 18.2 Å². The molecule has 0 radical (unpaired) electrons. The molecule has 0 saturated carbocycles. The van der Waals surface area contributed by atoms with Gasteiger partial charge < -0.3 is 9.64 Å². The third kappa shape index (κ3) is 3.74. The van der Waals surface area contributed by atoms with E-state index in [1.807, 2.05) is 20.8 Å². The van der Waals surface area contributed by atoms with Gasteiger partial charge in [0, 0.05) is 18.0 Å². The highest BCUT2D eigenvalue weighted by molar-refractivity contribution is 5.98. The molecule has 2 fully saturated rings. The molecule has 6 heteroatoms. The lowest BCUT2D eigenvalue weighted by atomic mass is 9.76. The molecular weight excluding hydrogens is 340 g/mol. The summed E-state index contributed by atoms with van der Waals surface area (Å²) in [7, 11) is 0. The van der Waals surface area contributed by atoms with Gasteiger partial charge in [-0.15, -0.1) is 0 Å². The zero-order chi connectivity index (χ0) is 19.1. The normalized spacial score (nSPS) is 25.7. The summed E-state index contributed by atoms with van der Waals surface area (Å²) < 4.78 is 33.0. The molecular formula is C20H25F2NO3. The van der Waals surface area contributed by atoms with Gasteiger partial charge in [0.15, 0.2) is 17.4 Å². The molecule has 0 N–H and O–H groups in total. The van der Waals surface area contributed by atoms with E-state index in [0.29, 0.717) is 12.8 Å². The maximum absolute atomic E-state index is 14.0. The number of fused-ring (bicyclic) bond motifs is 2. The number of carbonyl (C=O) groups excluding carboxylic acids is 2. The lowest BCUT2D eigenvalue weighted by Gasteiger charge is -2.48. The minimum atomic E-state index is -1.09. The predicted molar refractivity (Wildman–Crippen MR) is 92.9 cm³/mol. The molecule has 1 aromatic rings. The lowest BCUT2D eigenvalue weighted by molar-refractivity contribution is -0.0261. The number of hydrogen-bond acceptors (Lipinski definition) is 3. The molecule has 142 valence electrons. The van der Waals surface area contributed by atoms with Crippen LogP contribution in [-0.2, 0) is 4.74 Å². The van der Waals surface area contributed by atoms with Crippen LogP contribution in [0.5, 0.6) is 0 Å². The van der Waals surface area contributed by atoms with Crippen molar-refractivity contribution in [3.05, 3.63) is 35.4 Å². The van der Waals surface area contributed by atoms with E-state index < -0.39 is 23.2 Å². The minimum absolute atomic E-state index is 0.0945. The van der Waals surface area contributed by atoms with Crippen molar-refractivity contribution in [1.29, 1.82) is 0 Å². The quantitative estimate of drug-likeness (QED) is 0.713. The van der Waals surface area contributed by atoms with Gasteiger partial charge in [-0.2, -0.15) is 0 Å². The summed E-state index contributed by atoms with van der Waals surface area (Å²) >= 11 is 0. The Bertz CT molecular complexity index is 699. The smallest absolute Gasteiger partial charge is 0.410 e. The van der Waals surface area contributed by atoms with Crippen LogP contribution in [0.1, 0.15) is 63.2 Å². The standard InChI is InChI=1S/C20H25F2NO3/c1-20(2,3)26-19(25)23-13-6-4-7-14(23)11-12(10-13)18(24)15-8-5-9-16(21)17(15)22/h5,8-9,12-14H,4,6-7,10-11H2,1-3H3. The van der Waals surface area contributed by atoms with Crippen molar-refractivity contribution in [3.8, 4) is 0 Å². The Morgan fingerprint density at radius 3 is 2.31 bits per heavy atom. The monoisotopic (exact) mass is 365 g/mol. The van der Waals surface area contributed by atoms with E-state index in [1.54, 1.807) is 4.90 Å². The topological polar surface area (TPSA) is 46.6 Å². The van der Waals surface area contributed by atoms with Crippen LogP contribution in [0.25, 0.3) is 0 Å². The minimum Gasteiger partial charge on any atom is -0.444 e. The highest BCUT2D eigenvalue weighted by Gasteiger charge is 2.44. The summed E-state index contributed by atoms with van der Waals surface area (Å²) in [4.78, 5) is 27.1. The maximum Gasteiger partial charge on any atom is 0.410 e. The summed E-state index contributed by atoms with van der Waals surface area (Å²) in [5.41, 5.74) is -0.776. The van der Waals surface area contributed by atoms with Gasteiger partial charge in [0.2, 0.25) is 0 Å². The molecule has 4 nitrogen and oxygen atoms in total. The molecule has 3 rings (SSSR count). The average molecular weight is 365 g/mol. The zero-order valence-corrected chi connectivity index (χ0v) is 15.4. The average Bonchev–Trinajstić information content (AvgIpc) is 2.54. The molecule has 0 aromatic heterocycles. The Morgan fingerprint density at radius 2 is 1.73 bits per heavy atom. The molecule has 2 aliphatic heterocycles. The molecule has 0 aliphatic carbocycles. The summed E-state index contributed by atoms with van der Waals surface area (Å²) in [5.74, 6) is -2.87. The molecule has 2 aliphatic rings. The van der Waals surface area contributed by atoms with E-state index in [2.05, 4.69) is 0 Å². The fourth-order valence-corrected chi connectivity index (χ4v) is 4.12.